The van der Waals surface area contributed by atoms with Gasteiger partial charge in [0.1, 0.15) is 0 Å². The molecule has 0 unspecified atom stereocenters. The van der Waals surface area contributed by atoms with E-state index in [0.717, 1.165) is 11.1 Å². The molecule has 116 valence electrons. The monoisotopic (exact) mass is 358 g/mol. The number of nitrogens with one attached hydrogen (secondary N) is 1. The standard InChI is InChI=1S/C15H13Cl3N2O2/c1-22-15(21)14-12(17)5-9(7-20-14)6-19-8-10-3-2-4-11(16)13(10)18/h2-5,7,19H,6,8H2,1H3. The molecule has 0 amide bonds. The molecule has 1 N–H and O–H groups in total. The third kappa shape index (κ3) is 4.11. The van der Waals surface area contributed by atoms with Crippen molar-refractivity contribution < 1.29 is 9.53 Å². The van der Waals surface area contributed by atoms with Crippen molar-refractivity contribution >= 4 is 40.8 Å². The van der Waals surface area contributed by atoms with Crippen LogP contribution in [0.4, 0.5) is 0 Å². The predicted molar refractivity (Wildman–Crippen MR) is 87.6 cm³/mol. The molecule has 4 nitrogen and oxygen atoms in total. The molecule has 0 aliphatic heterocycles. The Morgan fingerprint density at radius 1 is 1.23 bits per heavy atom. The van der Waals surface area contributed by atoms with Crippen LogP contribution >= 0.6 is 34.8 Å². The highest BCUT2D eigenvalue weighted by Crippen LogP contribution is 2.25. The van der Waals surface area contributed by atoms with Crippen LogP contribution in [0.5, 0.6) is 0 Å². The Bertz CT molecular complexity index is 692. The van der Waals surface area contributed by atoms with E-state index in [9.17, 15) is 4.79 Å². The highest BCUT2D eigenvalue weighted by atomic mass is 35.5. The maximum atomic E-state index is 11.4. The Hall–Kier alpha value is -1.33. The lowest BCUT2D eigenvalue weighted by atomic mass is 10.2. The molecule has 2 aromatic rings. The second-order valence-electron chi connectivity index (χ2n) is 4.48. The minimum atomic E-state index is -0.560. The maximum Gasteiger partial charge on any atom is 0.358 e. The zero-order valence-corrected chi connectivity index (χ0v) is 14.0. The highest BCUT2D eigenvalue weighted by molar-refractivity contribution is 6.42. The molecular formula is C15H13Cl3N2O2. The van der Waals surface area contributed by atoms with E-state index >= 15 is 0 Å². The Morgan fingerprint density at radius 2 is 2.00 bits per heavy atom. The number of nitrogens with zero attached hydrogens (tertiary/aromatic N) is 1. The molecule has 1 heterocycles. The molecule has 0 atom stereocenters. The van der Waals surface area contributed by atoms with Crippen molar-refractivity contribution in [2.75, 3.05) is 7.11 Å². The van der Waals surface area contributed by atoms with Crippen LogP contribution in [0.1, 0.15) is 21.6 Å². The first-order chi connectivity index (χ1) is 10.5. The van der Waals surface area contributed by atoms with Crippen LogP contribution in [0, 0.1) is 0 Å². The van der Waals surface area contributed by atoms with E-state index in [2.05, 4.69) is 15.0 Å². The van der Waals surface area contributed by atoms with Crippen molar-refractivity contribution in [3.63, 3.8) is 0 Å². The average Bonchev–Trinajstić information content (AvgIpc) is 2.51. The lowest BCUT2D eigenvalue weighted by molar-refractivity contribution is 0.0594. The molecule has 0 spiro atoms. The van der Waals surface area contributed by atoms with Crippen molar-refractivity contribution in [3.05, 3.63) is 62.4 Å². The summed E-state index contributed by atoms with van der Waals surface area (Å²) in [6.07, 6.45) is 1.57. The molecule has 0 saturated carbocycles. The Morgan fingerprint density at radius 3 is 2.68 bits per heavy atom. The minimum Gasteiger partial charge on any atom is -0.464 e. The van der Waals surface area contributed by atoms with Gasteiger partial charge in [0.15, 0.2) is 5.69 Å². The number of pyridine rings is 1. The molecule has 22 heavy (non-hydrogen) atoms. The third-order valence-electron chi connectivity index (χ3n) is 2.95. The van der Waals surface area contributed by atoms with Gasteiger partial charge >= 0.3 is 5.97 Å². The van der Waals surface area contributed by atoms with E-state index in [0.29, 0.717) is 23.1 Å². The molecule has 2 rings (SSSR count). The van der Waals surface area contributed by atoms with E-state index in [-0.39, 0.29) is 10.7 Å². The van der Waals surface area contributed by atoms with E-state index in [4.69, 9.17) is 34.8 Å². The number of rotatable bonds is 5. The topological polar surface area (TPSA) is 51.2 Å². The number of halogens is 3. The second kappa shape index (κ2) is 7.79. The summed E-state index contributed by atoms with van der Waals surface area (Å²) >= 11 is 18.1. The van der Waals surface area contributed by atoms with Crippen LogP contribution in [0.3, 0.4) is 0 Å². The summed E-state index contributed by atoms with van der Waals surface area (Å²) in [5.41, 5.74) is 1.85. The fraction of sp³-hybridized carbons (Fsp3) is 0.200. The largest absolute Gasteiger partial charge is 0.464 e. The minimum absolute atomic E-state index is 0.103. The average molecular weight is 360 g/mol. The highest BCUT2D eigenvalue weighted by Gasteiger charge is 2.12. The van der Waals surface area contributed by atoms with Gasteiger partial charge in [-0.1, -0.05) is 46.9 Å². The normalized spacial score (nSPS) is 10.5. The van der Waals surface area contributed by atoms with E-state index in [1.54, 1.807) is 18.3 Å². The van der Waals surface area contributed by atoms with Crippen molar-refractivity contribution in [1.29, 1.82) is 0 Å². The Balaban J connectivity index is 1.99. The smallest absolute Gasteiger partial charge is 0.358 e. The van der Waals surface area contributed by atoms with Crippen molar-refractivity contribution in [2.45, 2.75) is 13.1 Å². The second-order valence-corrected chi connectivity index (χ2v) is 5.67. The van der Waals surface area contributed by atoms with E-state index in [1.807, 2.05) is 12.1 Å². The fourth-order valence-electron chi connectivity index (χ4n) is 1.85. The van der Waals surface area contributed by atoms with Gasteiger partial charge in [0.2, 0.25) is 0 Å². The zero-order chi connectivity index (χ0) is 16.1. The van der Waals surface area contributed by atoms with Crippen molar-refractivity contribution in [3.8, 4) is 0 Å². The third-order valence-corrected chi connectivity index (χ3v) is 4.10. The molecule has 0 fully saturated rings. The van der Waals surface area contributed by atoms with Gasteiger partial charge in [0, 0.05) is 19.3 Å². The quantitative estimate of drug-likeness (QED) is 0.816. The summed E-state index contributed by atoms with van der Waals surface area (Å²) in [5, 5.41) is 4.53. The summed E-state index contributed by atoms with van der Waals surface area (Å²) in [5.74, 6) is -0.560. The first kappa shape index (κ1) is 17.0. The lowest BCUT2D eigenvalue weighted by Crippen LogP contribution is -2.14. The van der Waals surface area contributed by atoms with Crippen LogP contribution in [-0.2, 0) is 17.8 Å². The number of carbonyl (C=O) groups excluding carboxylic acids is 1. The molecule has 1 aromatic carbocycles. The fourth-order valence-corrected chi connectivity index (χ4v) is 2.50. The van der Waals surface area contributed by atoms with Gasteiger partial charge < -0.3 is 10.1 Å². The molecular weight excluding hydrogens is 347 g/mol. The molecule has 0 radical (unpaired) electrons. The summed E-state index contributed by atoms with van der Waals surface area (Å²) in [6, 6.07) is 7.15. The number of hydrogen-bond acceptors (Lipinski definition) is 4. The predicted octanol–water partition coefficient (Wildman–Crippen LogP) is 4.12. The number of aromatic nitrogens is 1. The van der Waals surface area contributed by atoms with Gasteiger partial charge in [-0.25, -0.2) is 9.78 Å². The van der Waals surface area contributed by atoms with Gasteiger partial charge in [-0.2, -0.15) is 0 Å². The van der Waals surface area contributed by atoms with Crippen molar-refractivity contribution in [1.82, 2.24) is 10.3 Å². The van der Waals surface area contributed by atoms with Gasteiger partial charge in [0.05, 0.1) is 22.2 Å². The summed E-state index contributed by atoms with van der Waals surface area (Å²) < 4.78 is 4.59. The van der Waals surface area contributed by atoms with Crippen LogP contribution < -0.4 is 5.32 Å². The van der Waals surface area contributed by atoms with Crippen molar-refractivity contribution in [2.24, 2.45) is 0 Å². The number of methoxy groups -OCH3 is 1. The van der Waals surface area contributed by atoms with Gasteiger partial charge in [-0.05, 0) is 23.3 Å². The van der Waals surface area contributed by atoms with E-state index < -0.39 is 5.97 Å². The summed E-state index contributed by atoms with van der Waals surface area (Å²) in [7, 11) is 1.28. The molecule has 0 aliphatic carbocycles. The van der Waals surface area contributed by atoms with Crippen LogP contribution in [0.25, 0.3) is 0 Å². The van der Waals surface area contributed by atoms with Crippen LogP contribution in [0.15, 0.2) is 30.5 Å². The van der Waals surface area contributed by atoms with E-state index in [1.165, 1.54) is 7.11 Å². The first-order valence-corrected chi connectivity index (χ1v) is 7.52. The molecule has 0 bridgehead atoms. The Labute approximate surface area is 143 Å². The summed E-state index contributed by atoms with van der Waals surface area (Å²) in [4.78, 5) is 15.4. The maximum absolute atomic E-state index is 11.4. The number of esters is 1. The van der Waals surface area contributed by atoms with Crippen LogP contribution in [0.2, 0.25) is 15.1 Å². The Kier molecular flexibility index (Phi) is 6.03. The number of ether oxygens (including phenoxy) is 1. The first-order valence-electron chi connectivity index (χ1n) is 6.39. The SMILES string of the molecule is COC(=O)c1ncc(CNCc2cccc(Cl)c2Cl)cc1Cl. The zero-order valence-electron chi connectivity index (χ0n) is 11.7. The molecule has 0 aliphatic rings. The van der Waals surface area contributed by atoms with Gasteiger partial charge in [0.25, 0.3) is 0 Å². The van der Waals surface area contributed by atoms with Gasteiger partial charge in [-0.3, -0.25) is 0 Å². The molecule has 7 heteroatoms. The summed E-state index contributed by atoms with van der Waals surface area (Å²) in [6.45, 7) is 1.08. The molecule has 0 saturated heterocycles. The molecule has 1 aromatic heterocycles. The van der Waals surface area contributed by atoms with Crippen LogP contribution in [-0.4, -0.2) is 18.1 Å². The lowest BCUT2D eigenvalue weighted by Gasteiger charge is -2.09. The number of benzene rings is 1. The van der Waals surface area contributed by atoms with Gasteiger partial charge in [-0.15, -0.1) is 0 Å². The number of hydrogen-bond donors (Lipinski definition) is 1. The number of carbonyl (C=O) groups is 1.